The van der Waals surface area contributed by atoms with E-state index in [0.29, 0.717) is 0 Å². The summed E-state index contributed by atoms with van der Waals surface area (Å²) in [6.07, 6.45) is 0. The van der Waals surface area contributed by atoms with E-state index in [-0.39, 0.29) is 23.7 Å². The molecule has 4 nitrogen and oxygen atoms in total. The van der Waals surface area contributed by atoms with Gasteiger partial charge in [0.15, 0.2) is 0 Å². The van der Waals surface area contributed by atoms with E-state index in [0.717, 1.165) is 5.56 Å². The van der Waals surface area contributed by atoms with Gasteiger partial charge in [0.1, 0.15) is 5.75 Å². The van der Waals surface area contributed by atoms with Gasteiger partial charge in [-0.2, -0.15) is 0 Å². The molecule has 1 aromatic carbocycles. The van der Waals surface area contributed by atoms with Gasteiger partial charge >= 0.3 is 0 Å². The number of carbonyl (C=O) groups excluding carboxylic acids is 1. The number of para-hydroxylation sites is 1. The van der Waals surface area contributed by atoms with Crippen molar-refractivity contribution in [1.82, 2.24) is 10.2 Å². The SMILES string of the molecule is CNC(C)C(=O)N(C)C(C)c1ccccc1O. The summed E-state index contributed by atoms with van der Waals surface area (Å²) in [5.41, 5.74) is 0.756. The molecular formula is C13H20N2O2. The van der Waals surface area contributed by atoms with Crippen molar-refractivity contribution in [3.8, 4) is 5.75 Å². The molecule has 2 N–H and O–H groups in total. The summed E-state index contributed by atoms with van der Waals surface area (Å²) >= 11 is 0. The molecule has 0 aliphatic rings. The molecule has 1 aromatic rings. The van der Waals surface area contributed by atoms with E-state index in [4.69, 9.17) is 0 Å². The third-order valence-corrected chi connectivity index (χ3v) is 3.12. The molecule has 0 heterocycles. The van der Waals surface area contributed by atoms with Crippen LogP contribution in [-0.4, -0.2) is 36.1 Å². The van der Waals surface area contributed by atoms with E-state index >= 15 is 0 Å². The molecule has 0 radical (unpaired) electrons. The quantitative estimate of drug-likeness (QED) is 0.833. The first-order chi connectivity index (χ1) is 7.99. The zero-order valence-electron chi connectivity index (χ0n) is 10.8. The zero-order chi connectivity index (χ0) is 13.0. The molecule has 0 bridgehead atoms. The molecular weight excluding hydrogens is 216 g/mol. The first-order valence-corrected chi connectivity index (χ1v) is 5.70. The molecule has 0 saturated heterocycles. The molecule has 0 saturated carbocycles. The summed E-state index contributed by atoms with van der Waals surface area (Å²) in [5, 5.41) is 12.7. The van der Waals surface area contributed by atoms with Crippen molar-refractivity contribution >= 4 is 5.91 Å². The molecule has 0 fully saturated rings. The fourth-order valence-corrected chi connectivity index (χ4v) is 1.67. The Morgan fingerprint density at radius 3 is 2.47 bits per heavy atom. The number of amides is 1. The van der Waals surface area contributed by atoms with E-state index in [2.05, 4.69) is 5.32 Å². The van der Waals surface area contributed by atoms with Gasteiger partial charge in [0, 0.05) is 12.6 Å². The highest BCUT2D eigenvalue weighted by Crippen LogP contribution is 2.27. The average Bonchev–Trinajstić information content (AvgIpc) is 2.35. The molecule has 4 heteroatoms. The van der Waals surface area contributed by atoms with Crippen LogP contribution in [0.15, 0.2) is 24.3 Å². The van der Waals surface area contributed by atoms with E-state index in [1.807, 2.05) is 26.0 Å². The maximum absolute atomic E-state index is 12.0. The van der Waals surface area contributed by atoms with Gasteiger partial charge in [-0.1, -0.05) is 18.2 Å². The number of hydrogen-bond acceptors (Lipinski definition) is 3. The number of hydrogen-bond donors (Lipinski definition) is 2. The number of aromatic hydroxyl groups is 1. The number of nitrogens with zero attached hydrogens (tertiary/aromatic N) is 1. The number of nitrogens with one attached hydrogen (secondary N) is 1. The minimum Gasteiger partial charge on any atom is -0.508 e. The van der Waals surface area contributed by atoms with Crippen molar-refractivity contribution in [3.63, 3.8) is 0 Å². The van der Waals surface area contributed by atoms with Gasteiger partial charge in [-0.3, -0.25) is 4.79 Å². The van der Waals surface area contributed by atoms with Gasteiger partial charge in [0.2, 0.25) is 5.91 Å². The Kier molecular flexibility index (Phi) is 4.52. The summed E-state index contributed by atoms with van der Waals surface area (Å²) < 4.78 is 0. The maximum atomic E-state index is 12.0. The first kappa shape index (κ1) is 13.5. The molecule has 0 spiro atoms. The highest BCUT2D eigenvalue weighted by molar-refractivity contribution is 5.81. The van der Waals surface area contributed by atoms with Crippen LogP contribution in [0.3, 0.4) is 0 Å². The smallest absolute Gasteiger partial charge is 0.239 e. The normalized spacial score (nSPS) is 14.1. The Hall–Kier alpha value is -1.55. The molecule has 17 heavy (non-hydrogen) atoms. The van der Waals surface area contributed by atoms with Crippen molar-refractivity contribution in [2.45, 2.75) is 25.9 Å². The number of benzene rings is 1. The van der Waals surface area contributed by atoms with Crippen molar-refractivity contribution in [2.75, 3.05) is 14.1 Å². The van der Waals surface area contributed by atoms with Gasteiger partial charge in [-0.05, 0) is 27.0 Å². The summed E-state index contributed by atoms with van der Waals surface area (Å²) in [4.78, 5) is 13.6. The molecule has 1 rings (SSSR count). The van der Waals surface area contributed by atoms with E-state index in [1.165, 1.54) is 0 Å². The van der Waals surface area contributed by atoms with Crippen LogP contribution in [0.2, 0.25) is 0 Å². The highest BCUT2D eigenvalue weighted by Gasteiger charge is 2.22. The molecule has 2 atom stereocenters. The van der Waals surface area contributed by atoms with Crippen LogP contribution < -0.4 is 5.32 Å². The van der Waals surface area contributed by atoms with E-state index < -0.39 is 0 Å². The fourth-order valence-electron chi connectivity index (χ4n) is 1.67. The Labute approximate surface area is 102 Å². The monoisotopic (exact) mass is 236 g/mol. The topological polar surface area (TPSA) is 52.6 Å². The molecule has 0 aliphatic heterocycles. The van der Waals surface area contributed by atoms with Crippen molar-refractivity contribution < 1.29 is 9.90 Å². The second kappa shape index (κ2) is 5.68. The van der Waals surface area contributed by atoms with Crippen LogP contribution >= 0.6 is 0 Å². The lowest BCUT2D eigenvalue weighted by atomic mass is 10.1. The third-order valence-electron chi connectivity index (χ3n) is 3.12. The number of carbonyl (C=O) groups is 1. The lowest BCUT2D eigenvalue weighted by molar-refractivity contribution is -0.133. The predicted molar refractivity (Wildman–Crippen MR) is 67.8 cm³/mol. The number of rotatable bonds is 4. The maximum Gasteiger partial charge on any atom is 0.239 e. The molecule has 1 amide bonds. The van der Waals surface area contributed by atoms with Crippen LogP contribution in [0, 0.1) is 0 Å². The Morgan fingerprint density at radius 2 is 1.94 bits per heavy atom. The number of likely N-dealkylation sites (N-methyl/N-ethyl adjacent to an activating group) is 2. The van der Waals surface area contributed by atoms with Gasteiger partial charge in [-0.25, -0.2) is 0 Å². The standard InChI is InChI=1S/C13H20N2O2/c1-9(14-3)13(17)15(4)10(2)11-7-5-6-8-12(11)16/h5-10,14,16H,1-4H3. The largest absolute Gasteiger partial charge is 0.508 e. The average molecular weight is 236 g/mol. The zero-order valence-corrected chi connectivity index (χ0v) is 10.8. The number of phenolic OH excluding ortho intramolecular Hbond substituents is 1. The van der Waals surface area contributed by atoms with Crippen molar-refractivity contribution in [1.29, 1.82) is 0 Å². The highest BCUT2D eigenvalue weighted by atomic mass is 16.3. The Bertz CT molecular complexity index is 393. The van der Waals surface area contributed by atoms with Crippen LogP contribution in [0.5, 0.6) is 5.75 Å². The minimum absolute atomic E-state index is 0.00301. The van der Waals surface area contributed by atoms with Gasteiger partial charge in [0.25, 0.3) is 0 Å². The molecule has 0 aromatic heterocycles. The van der Waals surface area contributed by atoms with Crippen molar-refractivity contribution in [2.24, 2.45) is 0 Å². The first-order valence-electron chi connectivity index (χ1n) is 5.70. The van der Waals surface area contributed by atoms with Gasteiger partial charge in [-0.15, -0.1) is 0 Å². The lowest BCUT2D eigenvalue weighted by Gasteiger charge is -2.28. The second-order valence-electron chi connectivity index (χ2n) is 4.19. The Balaban J connectivity index is 2.87. The second-order valence-corrected chi connectivity index (χ2v) is 4.19. The van der Waals surface area contributed by atoms with Crippen LogP contribution in [0.4, 0.5) is 0 Å². The van der Waals surface area contributed by atoms with E-state index in [1.54, 1.807) is 31.1 Å². The lowest BCUT2D eigenvalue weighted by Crippen LogP contribution is -2.42. The van der Waals surface area contributed by atoms with Crippen LogP contribution in [0.1, 0.15) is 25.5 Å². The molecule has 0 aliphatic carbocycles. The van der Waals surface area contributed by atoms with Crippen LogP contribution in [-0.2, 0) is 4.79 Å². The summed E-state index contributed by atoms with van der Waals surface area (Å²) in [6.45, 7) is 3.71. The molecule has 2 unspecified atom stereocenters. The number of phenols is 1. The fraction of sp³-hybridized carbons (Fsp3) is 0.462. The predicted octanol–water partition coefficient (Wildman–Crippen LogP) is 1.52. The van der Waals surface area contributed by atoms with E-state index in [9.17, 15) is 9.90 Å². The summed E-state index contributed by atoms with van der Waals surface area (Å²) in [5.74, 6) is 0.222. The van der Waals surface area contributed by atoms with Gasteiger partial charge in [0.05, 0.1) is 12.1 Å². The van der Waals surface area contributed by atoms with Gasteiger partial charge < -0.3 is 15.3 Å². The minimum atomic E-state index is -0.228. The third kappa shape index (κ3) is 2.97. The van der Waals surface area contributed by atoms with Crippen LogP contribution in [0.25, 0.3) is 0 Å². The summed E-state index contributed by atoms with van der Waals surface area (Å²) in [7, 11) is 3.49. The molecule has 94 valence electrons. The summed E-state index contributed by atoms with van der Waals surface area (Å²) in [6, 6.07) is 6.70. The Morgan fingerprint density at radius 1 is 1.35 bits per heavy atom. The van der Waals surface area contributed by atoms with Crippen molar-refractivity contribution in [3.05, 3.63) is 29.8 Å².